The lowest BCUT2D eigenvalue weighted by Gasteiger charge is -2.42. The summed E-state index contributed by atoms with van der Waals surface area (Å²) in [6.07, 6.45) is 6.71. The fourth-order valence-electron chi connectivity index (χ4n) is 4.91. The van der Waals surface area contributed by atoms with Gasteiger partial charge in [0.05, 0.1) is 12.1 Å². The minimum atomic E-state index is -0.316. The highest BCUT2D eigenvalue weighted by Crippen LogP contribution is 2.40. The number of benzene rings is 2. The maximum atomic E-state index is 12.9. The van der Waals surface area contributed by atoms with Crippen LogP contribution in [0.1, 0.15) is 41.6 Å². The number of halogens is 2. The first-order valence-electron chi connectivity index (χ1n) is 11.9. The number of carbonyl (C=O) groups excluding carboxylic acids is 2. The van der Waals surface area contributed by atoms with Crippen molar-refractivity contribution in [3.05, 3.63) is 89.2 Å². The van der Waals surface area contributed by atoms with E-state index in [2.05, 4.69) is 16.4 Å². The molecule has 0 unspecified atom stereocenters. The van der Waals surface area contributed by atoms with Crippen LogP contribution in [0.2, 0.25) is 5.02 Å². The molecule has 1 heterocycles. The predicted molar refractivity (Wildman–Crippen MR) is 146 cm³/mol. The number of carbonyl (C=O) groups is 2. The van der Waals surface area contributed by atoms with Crippen LogP contribution in [-0.2, 0) is 10.2 Å². The maximum absolute atomic E-state index is 12.9. The van der Waals surface area contributed by atoms with E-state index in [4.69, 9.17) is 17.3 Å². The number of amides is 2. The Bertz CT molecular complexity index is 1180. The van der Waals surface area contributed by atoms with Gasteiger partial charge in [0, 0.05) is 48.0 Å². The first kappa shape index (κ1) is 27.7. The van der Waals surface area contributed by atoms with E-state index in [1.54, 1.807) is 17.2 Å². The van der Waals surface area contributed by atoms with Crippen LogP contribution in [0.25, 0.3) is 11.1 Å². The third-order valence-electron chi connectivity index (χ3n) is 7.19. The van der Waals surface area contributed by atoms with Gasteiger partial charge in [0.2, 0.25) is 5.91 Å². The zero-order valence-electron chi connectivity index (χ0n) is 20.3. The molecule has 0 spiro atoms. The molecule has 1 aliphatic carbocycles. The second-order valence-electron chi connectivity index (χ2n) is 9.24. The minimum absolute atomic E-state index is 0. The SMILES string of the molecule is CN(C(=O)CNC(=O)c1cncc(-c2ccccc2)c1)[C@H]1CC[C@@](CN)(c2cccc(Cl)c2)CC1.Cl. The van der Waals surface area contributed by atoms with Gasteiger partial charge >= 0.3 is 0 Å². The van der Waals surface area contributed by atoms with Crippen molar-refractivity contribution in [2.24, 2.45) is 5.73 Å². The lowest BCUT2D eigenvalue weighted by atomic mass is 9.68. The van der Waals surface area contributed by atoms with Crippen molar-refractivity contribution in [3.8, 4) is 11.1 Å². The van der Waals surface area contributed by atoms with Crippen molar-refractivity contribution in [1.82, 2.24) is 15.2 Å². The van der Waals surface area contributed by atoms with Gasteiger partial charge in [-0.2, -0.15) is 0 Å². The standard InChI is InChI=1S/C28H31ClN4O2.ClH/c1-33(25-10-12-28(19-30,13-11-25)23-8-5-9-24(29)15-23)26(34)18-32-27(35)22-14-21(16-31-17-22)20-6-3-2-4-7-20;/h2-9,14-17,25H,10-13,18-19,30H2,1H3,(H,32,35);1H/t25-,28+;. The van der Waals surface area contributed by atoms with Gasteiger partial charge < -0.3 is 16.0 Å². The largest absolute Gasteiger partial charge is 0.343 e. The van der Waals surface area contributed by atoms with E-state index < -0.39 is 0 Å². The molecule has 3 N–H and O–H groups in total. The maximum Gasteiger partial charge on any atom is 0.253 e. The molecular weight excluding hydrogens is 495 g/mol. The zero-order valence-corrected chi connectivity index (χ0v) is 21.9. The Balaban J connectivity index is 0.00000361. The van der Waals surface area contributed by atoms with E-state index in [1.807, 2.05) is 55.6 Å². The van der Waals surface area contributed by atoms with Gasteiger partial charge in [-0.3, -0.25) is 14.6 Å². The van der Waals surface area contributed by atoms with Gasteiger partial charge in [-0.1, -0.05) is 54.1 Å². The van der Waals surface area contributed by atoms with Gasteiger partial charge in [0.1, 0.15) is 0 Å². The highest BCUT2D eigenvalue weighted by molar-refractivity contribution is 6.30. The van der Waals surface area contributed by atoms with E-state index >= 15 is 0 Å². The van der Waals surface area contributed by atoms with E-state index in [-0.39, 0.29) is 42.2 Å². The number of hydrogen-bond acceptors (Lipinski definition) is 4. The summed E-state index contributed by atoms with van der Waals surface area (Å²) in [7, 11) is 1.81. The molecule has 190 valence electrons. The molecule has 0 aliphatic heterocycles. The predicted octanol–water partition coefficient (Wildman–Crippen LogP) is 4.85. The van der Waals surface area contributed by atoms with Crippen LogP contribution in [0.5, 0.6) is 0 Å². The number of nitrogens with zero attached hydrogens (tertiary/aromatic N) is 2. The number of likely N-dealkylation sites (N-methyl/N-ethyl adjacent to an activating group) is 1. The lowest BCUT2D eigenvalue weighted by Crippen LogP contribution is -2.48. The Labute approximate surface area is 223 Å². The number of nitrogens with one attached hydrogen (secondary N) is 1. The molecule has 2 amide bonds. The molecule has 1 fully saturated rings. The molecule has 0 radical (unpaired) electrons. The van der Waals surface area contributed by atoms with E-state index in [1.165, 1.54) is 11.8 Å². The third kappa shape index (κ3) is 6.25. The Morgan fingerprint density at radius 2 is 1.78 bits per heavy atom. The van der Waals surface area contributed by atoms with Crippen LogP contribution >= 0.6 is 24.0 Å². The highest BCUT2D eigenvalue weighted by Gasteiger charge is 2.37. The summed E-state index contributed by atoms with van der Waals surface area (Å²) in [5.74, 6) is -0.428. The zero-order chi connectivity index (χ0) is 24.8. The Kier molecular flexibility index (Phi) is 9.49. The molecule has 2 aromatic carbocycles. The van der Waals surface area contributed by atoms with Gasteiger partial charge in [-0.05, 0) is 55.0 Å². The summed E-state index contributed by atoms with van der Waals surface area (Å²) in [5.41, 5.74) is 9.52. The number of hydrogen-bond donors (Lipinski definition) is 2. The minimum Gasteiger partial charge on any atom is -0.343 e. The first-order valence-corrected chi connectivity index (χ1v) is 12.3. The Hall–Kier alpha value is -2.93. The number of rotatable bonds is 7. The van der Waals surface area contributed by atoms with Gasteiger partial charge in [0.15, 0.2) is 0 Å². The van der Waals surface area contributed by atoms with Crippen LogP contribution < -0.4 is 11.1 Å². The molecule has 0 atom stereocenters. The summed E-state index contributed by atoms with van der Waals surface area (Å²) < 4.78 is 0. The summed E-state index contributed by atoms with van der Waals surface area (Å²) in [6, 6.07) is 19.6. The van der Waals surface area contributed by atoms with Crippen molar-refractivity contribution in [2.75, 3.05) is 20.1 Å². The molecule has 36 heavy (non-hydrogen) atoms. The van der Waals surface area contributed by atoms with Crippen LogP contribution in [0.3, 0.4) is 0 Å². The topological polar surface area (TPSA) is 88.3 Å². The molecule has 1 aliphatic rings. The fourth-order valence-corrected chi connectivity index (χ4v) is 5.10. The van der Waals surface area contributed by atoms with Crippen molar-refractivity contribution in [2.45, 2.75) is 37.1 Å². The molecule has 3 aromatic rings. The third-order valence-corrected chi connectivity index (χ3v) is 7.42. The average Bonchev–Trinajstić information content (AvgIpc) is 2.91. The van der Waals surface area contributed by atoms with E-state index in [0.717, 1.165) is 36.8 Å². The molecule has 4 rings (SSSR count). The summed E-state index contributed by atoms with van der Waals surface area (Å²) in [5, 5.41) is 3.47. The van der Waals surface area contributed by atoms with Crippen LogP contribution in [0.4, 0.5) is 0 Å². The Morgan fingerprint density at radius 1 is 1.06 bits per heavy atom. The smallest absolute Gasteiger partial charge is 0.253 e. The molecule has 8 heteroatoms. The second kappa shape index (κ2) is 12.3. The molecule has 1 aromatic heterocycles. The van der Waals surface area contributed by atoms with Gasteiger partial charge in [-0.15, -0.1) is 12.4 Å². The highest BCUT2D eigenvalue weighted by atomic mass is 35.5. The summed E-state index contributed by atoms with van der Waals surface area (Å²) in [6.45, 7) is 0.488. The van der Waals surface area contributed by atoms with Crippen molar-refractivity contribution in [1.29, 1.82) is 0 Å². The van der Waals surface area contributed by atoms with Crippen molar-refractivity contribution in [3.63, 3.8) is 0 Å². The first-order chi connectivity index (χ1) is 16.9. The van der Waals surface area contributed by atoms with E-state index in [0.29, 0.717) is 17.1 Å². The van der Waals surface area contributed by atoms with Crippen molar-refractivity contribution < 1.29 is 9.59 Å². The molecular formula is C28H32Cl2N4O2. The molecule has 0 bridgehead atoms. The summed E-state index contributed by atoms with van der Waals surface area (Å²) in [4.78, 5) is 31.5. The van der Waals surface area contributed by atoms with Crippen LogP contribution in [0.15, 0.2) is 73.1 Å². The average molecular weight is 527 g/mol. The van der Waals surface area contributed by atoms with Crippen molar-refractivity contribution >= 4 is 35.8 Å². The lowest BCUT2D eigenvalue weighted by molar-refractivity contribution is -0.131. The van der Waals surface area contributed by atoms with Gasteiger partial charge in [0.25, 0.3) is 5.91 Å². The second-order valence-corrected chi connectivity index (χ2v) is 9.68. The number of nitrogens with two attached hydrogens (primary N) is 1. The molecule has 1 saturated carbocycles. The van der Waals surface area contributed by atoms with Gasteiger partial charge in [-0.25, -0.2) is 0 Å². The van der Waals surface area contributed by atoms with E-state index in [9.17, 15) is 9.59 Å². The summed E-state index contributed by atoms with van der Waals surface area (Å²) >= 11 is 6.22. The quantitative estimate of drug-likeness (QED) is 0.460. The molecule has 0 saturated heterocycles. The monoisotopic (exact) mass is 526 g/mol. The Morgan fingerprint density at radius 3 is 2.44 bits per heavy atom. The normalized spacial score (nSPS) is 19.1. The number of aromatic nitrogens is 1. The van der Waals surface area contributed by atoms with Crippen LogP contribution in [-0.4, -0.2) is 47.9 Å². The fraction of sp³-hybridized carbons (Fsp3) is 0.321. The van der Waals surface area contributed by atoms with Crippen LogP contribution in [0, 0.1) is 0 Å². The molecule has 6 nitrogen and oxygen atoms in total. The number of pyridine rings is 1.